The van der Waals surface area contributed by atoms with E-state index in [-0.39, 0.29) is 32.0 Å². The molecule has 1 amide bonds. The van der Waals surface area contributed by atoms with Crippen LogP contribution in [0.1, 0.15) is 219 Å². The Bertz CT molecular complexity index is 849. The second-order valence-electron chi connectivity index (χ2n) is 15.2. The molecule has 0 rings (SSSR count). The second kappa shape index (κ2) is 41.2. The molecule has 8 nitrogen and oxygen atoms in total. The van der Waals surface area contributed by atoms with Crippen molar-refractivity contribution in [3.8, 4) is 0 Å². The summed E-state index contributed by atoms with van der Waals surface area (Å²) in [7, 11) is 1.52. The smallest absolute Gasteiger partial charge is 0.306 e. The standard InChI is InChI=1S/C45H85NO7/c1-4-6-8-10-12-14-16-18-19-20-21-23-25-27-29-31-33-35-43(48)46-41(40-53-45(50)37-36-44(49)52-39-38-51-3)42(47)34-32-30-28-26-24-22-17-15-13-11-9-7-5-2/h32,34,41-42,47H,4-31,33,35-40H2,1-3H3,(H,46,48)/b34-32+/t41-,42+/m0/s1. The second-order valence-corrected chi connectivity index (χ2v) is 15.2. The molecule has 0 unspecified atom stereocenters. The summed E-state index contributed by atoms with van der Waals surface area (Å²) in [5.74, 6) is -1.21. The Morgan fingerprint density at radius 2 is 0.925 bits per heavy atom. The predicted molar refractivity (Wildman–Crippen MR) is 220 cm³/mol. The van der Waals surface area contributed by atoms with E-state index in [1.54, 1.807) is 6.08 Å². The third-order valence-electron chi connectivity index (χ3n) is 10.1. The average molecular weight is 752 g/mol. The number of ether oxygens (including phenoxy) is 3. The van der Waals surface area contributed by atoms with Gasteiger partial charge in [-0.15, -0.1) is 0 Å². The van der Waals surface area contributed by atoms with Crippen LogP contribution in [0.3, 0.4) is 0 Å². The molecule has 0 aliphatic heterocycles. The van der Waals surface area contributed by atoms with E-state index in [1.165, 1.54) is 161 Å². The maximum atomic E-state index is 12.8. The molecule has 0 heterocycles. The van der Waals surface area contributed by atoms with E-state index in [2.05, 4.69) is 19.2 Å². The lowest BCUT2D eigenvalue weighted by molar-refractivity contribution is -0.151. The minimum absolute atomic E-state index is 0.0969. The molecule has 53 heavy (non-hydrogen) atoms. The fraction of sp³-hybridized carbons (Fsp3) is 0.889. The third kappa shape index (κ3) is 38.2. The molecular formula is C45H85NO7. The van der Waals surface area contributed by atoms with Gasteiger partial charge in [0.15, 0.2) is 0 Å². The number of hydrogen-bond donors (Lipinski definition) is 2. The van der Waals surface area contributed by atoms with Crippen molar-refractivity contribution in [1.82, 2.24) is 5.32 Å². The van der Waals surface area contributed by atoms with E-state index < -0.39 is 24.1 Å². The van der Waals surface area contributed by atoms with Crippen LogP contribution in [-0.4, -0.2) is 62.0 Å². The Morgan fingerprint density at radius 1 is 0.528 bits per heavy atom. The van der Waals surface area contributed by atoms with Crippen LogP contribution in [0.2, 0.25) is 0 Å². The maximum absolute atomic E-state index is 12.8. The zero-order chi connectivity index (χ0) is 38.9. The van der Waals surface area contributed by atoms with Gasteiger partial charge in [0.25, 0.3) is 0 Å². The van der Waals surface area contributed by atoms with Crippen molar-refractivity contribution in [3.63, 3.8) is 0 Å². The first kappa shape index (κ1) is 51.1. The Kier molecular flexibility index (Phi) is 39.7. The highest BCUT2D eigenvalue weighted by Gasteiger charge is 2.21. The van der Waals surface area contributed by atoms with Gasteiger partial charge >= 0.3 is 11.9 Å². The van der Waals surface area contributed by atoms with Crippen molar-refractivity contribution in [2.24, 2.45) is 0 Å². The molecule has 312 valence electrons. The molecule has 0 aromatic carbocycles. The van der Waals surface area contributed by atoms with E-state index in [9.17, 15) is 19.5 Å². The summed E-state index contributed by atoms with van der Waals surface area (Å²) in [4.78, 5) is 37.0. The van der Waals surface area contributed by atoms with Gasteiger partial charge in [0, 0.05) is 13.5 Å². The zero-order valence-electron chi connectivity index (χ0n) is 35.0. The van der Waals surface area contributed by atoms with Gasteiger partial charge in [-0.2, -0.15) is 0 Å². The van der Waals surface area contributed by atoms with E-state index in [1.807, 2.05) is 6.08 Å². The molecule has 0 radical (unpaired) electrons. The van der Waals surface area contributed by atoms with Gasteiger partial charge in [0.2, 0.25) is 5.91 Å². The Balaban J connectivity index is 4.35. The summed E-state index contributed by atoms with van der Waals surface area (Å²) in [6, 6.07) is -0.750. The Labute approximate surface area is 326 Å². The van der Waals surface area contributed by atoms with Crippen molar-refractivity contribution in [1.29, 1.82) is 0 Å². The van der Waals surface area contributed by atoms with Crippen molar-refractivity contribution in [3.05, 3.63) is 12.2 Å². The number of aliphatic hydroxyl groups excluding tert-OH is 1. The van der Waals surface area contributed by atoms with Crippen LogP contribution in [0.5, 0.6) is 0 Å². The molecule has 0 fully saturated rings. The molecule has 8 heteroatoms. The van der Waals surface area contributed by atoms with Crippen LogP contribution in [0.15, 0.2) is 12.2 Å². The predicted octanol–water partition coefficient (Wildman–Crippen LogP) is 11.6. The number of carbonyl (C=O) groups is 3. The number of amides is 1. The number of nitrogens with one attached hydrogen (secondary N) is 1. The summed E-state index contributed by atoms with van der Waals surface area (Å²) in [5.41, 5.74) is 0. The largest absolute Gasteiger partial charge is 0.463 e. The molecule has 0 spiro atoms. The van der Waals surface area contributed by atoms with Gasteiger partial charge in [-0.05, 0) is 19.3 Å². The van der Waals surface area contributed by atoms with Crippen molar-refractivity contribution < 1.29 is 33.7 Å². The molecule has 2 atom stereocenters. The Morgan fingerprint density at radius 3 is 1.36 bits per heavy atom. The minimum Gasteiger partial charge on any atom is -0.463 e. The van der Waals surface area contributed by atoms with Gasteiger partial charge in [0.1, 0.15) is 13.2 Å². The number of unbranched alkanes of at least 4 members (excludes halogenated alkanes) is 27. The molecule has 0 saturated heterocycles. The average Bonchev–Trinajstić information content (AvgIpc) is 3.15. The number of methoxy groups -OCH3 is 1. The summed E-state index contributed by atoms with van der Waals surface area (Å²) in [6.07, 6.45) is 39.7. The first-order valence-electron chi connectivity index (χ1n) is 22.4. The molecular weight excluding hydrogens is 666 g/mol. The first-order chi connectivity index (χ1) is 25.9. The summed E-state index contributed by atoms with van der Waals surface area (Å²) >= 11 is 0. The Hall–Kier alpha value is -1.93. The van der Waals surface area contributed by atoms with Gasteiger partial charge < -0.3 is 24.6 Å². The van der Waals surface area contributed by atoms with Crippen molar-refractivity contribution >= 4 is 17.8 Å². The molecule has 0 aromatic rings. The highest BCUT2D eigenvalue weighted by atomic mass is 16.6. The lowest BCUT2D eigenvalue weighted by atomic mass is 10.0. The van der Waals surface area contributed by atoms with Gasteiger partial charge in [-0.1, -0.05) is 193 Å². The molecule has 0 bridgehead atoms. The number of allylic oxidation sites excluding steroid dienone is 1. The van der Waals surface area contributed by atoms with Crippen LogP contribution in [-0.2, 0) is 28.6 Å². The molecule has 0 aromatic heterocycles. The van der Waals surface area contributed by atoms with E-state index >= 15 is 0 Å². The van der Waals surface area contributed by atoms with Gasteiger partial charge in [-0.25, -0.2) is 0 Å². The highest BCUT2D eigenvalue weighted by molar-refractivity contribution is 5.78. The van der Waals surface area contributed by atoms with Crippen LogP contribution in [0, 0.1) is 0 Å². The third-order valence-corrected chi connectivity index (χ3v) is 10.1. The maximum Gasteiger partial charge on any atom is 0.306 e. The van der Waals surface area contributed by atoms with Crippen LogP contribution >= 0.6 is 0 Å². The normalized spacial score (nSPS) is 12.6. The summed E-state index contributed by atoms with van der Waals surface area (Å²) in [5, 5.41) is 13.8. The fourth-order valence-electron chi connectivity index (χ4n) is 6.58. The highest BCUT2D eigenvalue weighted by Crippen LogP contribution is 2.15. The van der Waals surface area contributed by atoms with Crippen LogP contribution in [0.25, 0.3) is 0 Å². The van der Waals surface area contributed by atoms with E-state index in [0.717, 1.165) is 32.1 Å². The minimum atomic E-state index is -0.978. The quantitative estimate of drug-likeness (QED) is 0.0363. The number of esters is 2. The van der Waals surface area contributed by atoms with Crippen molar-refractivity contribution in [2.45, 2.75) is 231 Å². The number of aliphatic hydroxyl groups is 1. The van der Waals surface area contributed by atoms with Gasteiger partial charge in [0.05, 0.1) is 31.6 Å². The van der Waals surface area contributed by atoms with Gasteiger partial charge in [-0.3, -0.25) is 14.4 Å². The van der Waals surface area contributed by atoms with Crippen LogP contribution < -0.4 is 5.32 Å². The number of hydrogen-bond acceptors (Lipinski definition) is 7. The van der Waals surface area contributed by atoms with E-state index in [0.29, 0.717) is 13.0 Å². The zero-order valence-corrected chi connectivity index (χ0v) is 35.0. The monoisotopic (exact) mass is 752 g/mol. The molecule has 0 saturated carbocycles. The fourth-order valence-corrected chi connectivity index (χ4v) is 6.58. The van der Waals surface area contributed by atoms with Crippen LogP contribution in [0.4, 0.5) is 0 Å². The van der Waals surface area contributed by atoms with E-state index in [4.69, 9.17) is 14.2 Å². The lowest BCUT2D eigenvalue weighted by Crippen LogP contribution is -2.46. The first-order valence-corrected chi connectivity index (χ1v) is 22.4. The lowest BCUT2D eigenvalue weighted by Gasteiger charge is -2.22. The summed E-state index contributed by atoms with van der Waals surface area (Å²) in [6.45, 7) is 4.79. The number of carbonyl (C=O) groups excluding carboxylic acids is 3. The number of rotatable bonds is 41. The molecule has 0 aliphatic rings. The topological polar surface area (TPSA) is 111 Å². The molecule has 2 N–H and O–H groups in total. The summed E-state index contributed by atoms with van der Waals surface area (Å²) < 4.78 is 15.2. The molecule has 0 aliphatic carbocycles. The van der Waals surface area contributed by atoms with Crippen molar-refractivity contribution in [2.75, 3.05) is 26.9 Å². The SMILES string of the molecule is CCCCCCCCCCCCC/C=C/[C@@H](O)[C@H](COC(=O)CCC(=O)OCCOC)NC(=O)CCCCCCCCCCCCCCCCCCC.